The lowest BCUT2D eigenvalue weighted by Crippen LogP contribution is -2.40. The average Bonchev–Trinajstić information content (AvgIpc) is 2.65. The molecule has 5 heteroatoms. The molecular weight excluding hydrogens is 316 g/mol. The van der Waals surface area contributed by atoms with Gasteiger partial charge >= 0.3 is 12.0 Å². The maximum atomic E-state index is 12.6. The van der Waals surface area contributed by atoms with Gasteiger partial charge in [0.15, 0.2) is 0 Å². The normalized spacial score (nSPS) is 10.1. The molecule has 0 atom stereocenters. The van der Waals surface area contributed by atoms with Crippen molar-refractivity contribution in [3.05, 3.63) is 71.8 Å². The molecule has 2 amide bonds. The number of urea groups is 1. The summed E-state index contributed by atoms with van der Waals surface area (Å²) in [5.74, 6) is -0.295. The zero-order chi connectivity index (χ0) is 17.9. The summed E-state index contributed by atoms with van der Waals surface area (Å²) in [6, 6.07) is 19.2. The van der Waals surface area contributed by atoms with Crippen molar-refractivity contribution in [2.75, 3.05) is 13.2 Å². The summed E-state index contributed by atoms with van der Waals surface area (Å²) in [5, 5.41) is 2.91. The van der Waals surface area contributed by atoms with Gasteiger partial charge in [-0.15, -0.1) is 0 Å². The van der Waals surface area contributed by atoms with Gasteiger partial charge in [0, 0.05) is 19.6 Å². The van der Waals surface area contributed by atoms with Crippen LogP contribution in [-0.4, -0.2) is 30.1 Å². The molecule has 5 nitrogen and oxygen atoms in total. The van der Waals surface area contributed by atoms with E-state index < -0.39 is 0 Å². The predicted octanol–water partition coefficient (Wildman–Crippen LogP) is 3.35. The Morgan fingerprint density at radius 2 is 1.56 bits per heavy atom. The Kier molecular flexibility index (Phi) is 7.50. The van der Waals surface area contributed by atoms with E-state index in [1.807, 2.05) is 60.7 Å². The Bertz CT molecular complexity index is 659. The van der Waals surface area contributed by atoms with Gasteiger partial charge in [-0.25, -0.2) is 4.79 Å². The Morgan fingerprint density at radius 3 is 2.16 bits per heavy atom. The minimum Gasteiger partial charge on any atom is -0.466 e. The number of ether oxygens (including phenoxy) is 1. The first-order valence-corrected chi connectivity index (χ1v) is 8.45. The second-order valence-corrected chi connectivity index (χ2v) is 5.61. The number of carbonyl (C=O) groups is 2. The van der Waals surface area contributed by atoms with Crippen LogP contribution in [0.2, 0.25) is 0 Å². The first-order valence-electron chi connectivity index (χ1n) is 8.45. The van der Waals surface area contributed by atoms with Gasteiger partial charge in [-0.2, -0.15) is 0 Å². The maximum absolute atomic E-state index is 12.6. The molecule has 0 bridgehead atoms. The van der Waals surface area contributed by atoms with Crippen LogP contribution in [0.3, 0.4) is 0 Å². The number of nitrogens with one attached hydrogen (secondary N) is 1. The van der Waals surface area contributed by atoms with Crippen LogP contribution in [-0.2, 0) is 22.6 Å². The maximum Gasteiger partial charge on any atom is 0.317 e. The first kappa shape index (κ1) is 18.5. The van der Waals surface area contributed by atoms with Crippen LogP contribution in [0.1, 0.15) is 24.5 Å². The molecule has 0 radical (unpaired) electrons. The van der Waals surface area contributed by atoms with Gasteiger partial charge in [-0.05, 0) is 18.1 Å². The van der Waals surface area contributed by atoms with E-state index in [1.54, 1.807) is 11.8 Å². The molecule has 0 spiro atoms. The number of carbonyl (C=O) groups excluding carboxylic acids is 2. The fourth-order valence-corrected chi connectivity index (χ4v) is 2.40. The van der Waals surface area contributed by atoms with Crippen molar-refractivity contribution in [2.45, 2.75) is 26.4 Å². The van der Waals surface area contributed by atoms with Crippen molar-refractivity contribution in [3.8, 4) is 0 Å². The highest BCUT2D eigenvalue weighted by molar-refractivity contribution is 5.75. The summed E-state index contributed by atoms with van der Waals surface area (Å²) in [4.78, 5) is 25.8. The zero-order valence-corrected chi connectivity index (χ0v) is 14.5. The molecule has 2 aromatic rings. The number of esters is 1. The third-order valence-corrected chi connectivity index (χ3v) is 3.68. The summed E-state index contributed by atoms with van der Waals surface area (Å²) in [5.41, 5.74) is 2.04. The lowest BCUT2D eigenvalue weighted by molar-refractivity contribution is -0.143. The van der Waals surface area contributed by atoms with Crippen molar-refractivity contribution >= 4 is 12.0 Å². The highest BCUT2D eigenvalue weighted by atomic mass is 16.5. The standard InChI is InChI=1S/C20H24N2O3/c1-2-25-19(23)13-14-22(16-18-11-7-4-8-12-18)20(24)21-15-17-9-5-3-6-10-17/h3-12H,2,13-16H2,1H3,(H,21,24). The van der Waals surface area contributed by atoms with Gasteiger partial charge in [-0.3, -0.25) is 4.79 Å². The van der Waals surface area contributed by atoms with Crippen LogP contribution < -0.4 is 5.32 Å². The number of hydrogen-bond acceptors (Lipinski definition) is 3. The quantitative estimate of drug-likeness (QED) is 0.750. The lowest BCUT2D eigenvalue weighted by atomic mass is 10.2. The van der Waals surface area contributed by atoms with E-state index in [9.17, 15) is 9.59 Å². The summed E-state index contributed by atoms with van der Waals surface area (Å²) in [7, 11) is 0. The fraction of sp³-hybridized carbons (Fsp3) is 0.300. The van der Waals surface area contributed by atoms with Gasteiger partial charge in [0.25, 0.3) is 0 Å². The molecule has 132 valence electrons. The van der Waals surface area contributed by atoms with E-state index in [4.69, 9.17) is 4.74 Å². The summed E-state index contributed by atoms with van der Waals surface area (Å²) in [6.45, 7) is 3.32. The Labute approximate surface area is 148 Å². The van der Waals surface area contributed by atoms with E-state index in [0.29, 0.717) is 26.2 Å². The minimum atomic E-state index is -0.295. The summed E-state index contributed by atoms with van der Waals surface area (Å²) >= 11 is 0. The minimum absolute atomic E-state index is 0.180. The SMILES string of the molecule is CCOC(=O)CCN(Cc1ccccc1)C(=O)NCc1ccccc1. The molecule has 0 unspecified atom stereocenters. The van der Waals surface area contributed by atoms with Gasteiger partial charge < -0.3 is 15.0 Å². The molecule has 0 saturated carbocycles. The molecule has 0 fully saturated rings. The average molecular weight is 340 g/mol. The van der Waals surface area contributed by atoms with E-state index in [-0.39, 0.29) is 18.4 Å². The summed E-state index contributed by atoms with van der Waals surface area (Å²) < 4.78 is 4.95. The van der Waals surface area contributed by atoms with Crippen molar-refractivity contribution in [1.29, 1.82) is 0 Å². The molecule has 0 aliphatic heterocycles. The van der Waals surface area contributed by atoms with E-state index in [1.165, 1.54) is 0 Å². The second kappa shape index (κ2) is 10.1. The predicted molar refractivity (Wildman–Crippen MR) is 96.8 cm³/mol. The third-order valence-electron chi connectivity index (χ3n) is 3.68. The summed E-state index contributed by atoms with van der Waals surface area (Å²) in [6.07, 6.45) is 0.180. The molecule has 2 rings (SSSR count). The van der Waals surface area contributed by atoms with E-state index in [2.05, 4.69) is 5.32 Å². The Balaban J connectivity index is 1.96. The number of hydrogen-bond donors (Lipinski definition) is 1. The van der Waals surface area contributed by atoms with Crippen LogP contribution in [0.4, 0.5) is 4.79 Å². The number of amides is 2. The fourth-order valence-electron chi connectivity index (χ4n) is 2.40. The van der Waals surface area contributed by atoms with E-state index in [0.717, 1.165) is 11.1 Å². The lowest BCUT2D eigenvalue weighted by Gasteiger charge is -2.23. The van der Waals surface area contributed by atoms with Crippen molar-refractivity contribution in [1.82, 2.24) is 10.2 Å². The Morgan fingerprint density at radius 1 is 0.960 bits per heavy atom. The van der Waals surface area contributed by atoms with Crippen LogP contribution >= 0.6 is 0 Å². The zero-order valence-electron chi connectivity index (χ0n) is 14.5. The monoisotopic (exact) mass is 340 g/mol. The van der Waals surface area contributed by atoms with Crippen molar-refractivity contribution in [2.24, 2.45) is 0 Å². The van der Waals surface area contributed by atoms with Gasteiger partial charge in [0.2, 0.25) is 0 Å². The van der Waals surface area contributed by atoms with Crippen molar-refractivity contribution in [3.63, 3.8) is 0 Å². The Hall–Kier alpha value is -2.82. The molecule has 0 heterocycles. The molecule has 1 N–H and O–H groups in total. The number of benzene rings is 2. The second-order valence-electron chi connectivity index (χ2n) is 5.61. The molecule has 0 aromatic heterocycles. The van der Waals surface area contributed by atoms with Crippen LogP contribution in [0.25, 0.3) is 0 Å². The molecule has 0 aliphatic carbocycles. The number of nitrogens with zero attached hydrogens (tertiary/aromatic N) is 1. The molecular formula is C20H24N2O3. The van der Waals surface area contributed by atoms with Crippen LogP contribution in [0.5, 0.6) is 0 Å². The highest BCUT2D eigenvalue weighted by Crippen LogP contribution is 2.07. The van der Waals surface area contributed by atoms with Gasteiger partial charge in [-0.1, -0.05) is 60.7 Å². The van der Waals surface area contributed by atoms with Gasteiger partial charge in [0.1, 0.15) is 0 Å². The molecule has 0 aliphatic rings. The topological polar surface area (TPSA) is 58.6 Å². The van der Waals surface area contributed by atoms with Crippen LogP contribution in [0, 0.1) is 0 Å². The third kappa shape index (κ3) is 6.67. The largest absolute Gasteiger partial charge is 0.466 e. The molecule has 0 saturated heterocycles. The van der Waals surface area contributed by atoms with E-state index >= 15 is 0 Å². The highest BCUT2D eigenvalue weighted by Gasteiger charge is 2.15. The molecule has 2 aromatic carbocycles. The first-order chi connectivity index (χ1) is 12.2. The molecule has 25 heavy (non-hydrogen) atoms. The smallest absolute Gasteiger partial charge is 0.317 e. The number of rotatable bonds is 8. The van der Waals surface area contributed by atoms with Gasteiger partial charge in [0.05, 0.1) is 13.0 Å². The van der Waals surface area contributed by atoms with Crippen LogP contribution in [0.15, 0.2) is 60.7 Å². The van der Waals surface area contributed by atoms with Crippen molar-refractivity contribution < 1.29 is 14.3 Å².